The molecule has 0 N–H and O–H groups in total. The topological polar surface area (TPSA) is 34.1 Å². The molecule has 10 heavy (non-hydrogen) atoms. The maximum atomic E-state index is 8.53. The fraction of sp³-hybridized carbons (Fsp3) is 0.571. The third-order valence-electron chi connectivity index (χ3n) is 0.479. The zero-order chi connectivity index (χ0) is 7.54. The van der Waals surface area contributed by atoms with Crippen LogP contribution in [0.3, 0.4) is 0 Å². The summed E-state index contributed by atoms with van der Waals surface area (Å²) in [6.07, 6.45) is 1.99. The van der Waals surface area contributed by atoms with Gasteiger partial charge in [0, 0.05) is 12.8 Å². The van der Waals surface area contributed by atoms with Gasteiger partial charge < -0.3 is 7.43 Å². The van der Waals surface area contributed by atoms with E-state index in [-0.39, 0.29) is 7.43 Å². The molecule has 0 aromatic heterocycles. The Morgan fingerprint density at radius 2 is 1.30 bits per heavy atom. The first kappa shape index (κ1) is 16.4. The van der Waals surface area contributed by atoms with Crippen molar-refractivity contribution in [2.24, 2.45) is 0 Å². The standard InChI is InChI=1S/C6H10.CH3.2O.Re/c1-3-5-6-4-2;;;;/h3-4H2,1-2H3;1H3;;;/q;-1;;;. The predicted octanol–water partition coefficient (Wildman–Crippen LogP) is 2.02. The van der Waals surface area contributed by atoms with Gasteiger partial charge in [0.05, 0.1) is 0 Å². The summed E-state index contributed by atoms with van der Waals surface area (Å²) in [7, 11) is 0. The minimum atomic E-state index is -2.17. The molecule has 0 spiro atoms. The SMILES string of the molecule is CCC#CCC.[CH3-].[O]=[Re]=[O]. The second kappa shape index (κ2) is 23.2. The van der Waals surface area contributed by atoms with Gasteiger partial charge in [-0.2, -0.15) is 0 Å². The van der Waals surface area contributed by atoms with Crippen molar-refractivity contribution < 1.29 is 24.8 Å². The van der Waals surface area contributed by atoms with Gasteiger partial charge in [0.15, 0.2) is 0 Å². The average molecular weight is 315 g/mol. The molecule has 0 rings (SSSR count). The van der Waals surface area contributed by atoms with Gasteiger partial charge >= 0.3 is 24.8 Å². The molecule has 0 unspecified atom stereocenters. The quantitative estimate of drug-likeness (QED) is 0.506. The van der Waals surface area contributed by atoms with Gasteiger partial charge in [-0.25, -0.2) is 0 Å². The molecule has 3 heteroatoms. The Kier molecular flexibility index (Phi) is 38.1. The Morgan fingerprint density at radius 1 is 1.10 bits per heavy atom. The van der Waals surface area contributed by atoms with E-state index in [2.05, 4.69) is 25.7 Å². The molecule has 2 nitrogen and oxygen atoms in total. The Morgan fingerprint density at radius 3 is 1.40 bits per heavy atom. The molecule has 0 amide bonds. The molecule has 0 saturated carbocycles. The third kappa shape index (κ3) is 45.7. The van der Waals surface area contributed by atoms with E-state index in [1.807, 2.05) is 0 Å². The number of rotatable bonds is 0. The van der Waals surface area contributed by atoms with Crippen molar-refractivity contribution in [3.8, 4) is 11.8 Å². The van der Waals surface area contributed by atoms with Crippen molar-refractivity contribution in [3.63, 3.8) is 0 Å². The zero-order valence-electron chi connectivity index (χ0n) is 6.61. The van der Waals surface area contributed by atoms with Crippen LogP contribution in [-0.2, 0) is 24.8 Å². The van der Waals surface area contributed by atoms with E-state index in [0.717, 1.165) is 12.8 Å². The molecule has 0 aromatic rings. The molecule has 0 fully saturated rings. The summed E-state index contributed by atoms with van der Waals surface area (Å²) < 4.78 is 17.1. The first-order valence-electron chi connectivity index (χ1n) is 2.68. The van der Waals surface area contributed by atoms with E-state index < -0.39 is 17.9 Å². The molecule has 0 aliphatic heterocycles. The Hall–Kier alpha value is -0.178. The van der Waals surface area contributed by atoms with Crippen LogP contribution in [0.25, 0.3) is 0 Å². The monoisotopic (exact) mass is 316 g/mol. The van der Waals surface area contributed by atoms with Crippen molar-refractivity contribution in [3.05, 3.63) is 7.43 Å². The van der Waals surface area contributed by atoms with E-state index in [4.69, 9.17) is 6.94 Å². The van der Waals surface area contributed by atoms with Crippen LogP contribution in [0.4, 0.5) is 0 Å². The van der Waals surface area contributed by atoms with Gasteiger partial charge in [-0.3, -0.25) is 0 Å². The summed E-state index contributed by atoms with van der Waals surface area (Å²) in [5, 5.41) is 0. The Labute approximate surface area is 71.1 Å². The van der Waals surface area contributed by atoms with Gasteiger partial charge in [-0.05, 0) is 0 Å². The average Bonchev–Trinajstić information content (AvgIpc) is 1.86. The molecule has 0 aliphatic rings. The van der Waals surface area contributed by atoms with Crippen LogP contribution in [0.5, 0.6) is 0 Å². The van der Waals surface area contributed by atoms with Crippen molar-refractivity contribution in [2.75, 3.05) is 0 Å². The van der Waals surface area contributed by atoms with Crippen molar-refractivity contribution in [2.45, 2.75) is 26.7 Å². The molecule has 0 aromatic carbocycles. The molecule has 0 radical (unpaired) electrons. The number of hydrogen-bond acceptors (Lipinski definition) is 2. The summed E-state index contributed by atoms with van der Waals surface area (Å²) in [4.78, 5) is 0. The van der Waals surface area contributed by atoms with Crippen LogP contribution in [-0.4, -0.2) is 0 Å². The van der Waals surface area contributed by atoms with E-state index in [0.29, 0.717) is 0 Å². The second-order valence-electron chi connectivity index (χ2n) is 1.12. The van der Waals surface area contributed by atoms with Gasteiger partial charge in [-0.15, -0.1) is 11.8 Å². The van der Waals surface area contributed by atoms with Crippen LogP contribution in [0.15, 0.2) is 0 Å². The zero-order valence-corrected chi connectivity index (χ0v) is 9.32. The minimum absolute atomic E-state index is 0. The van der Waals surface area contributed by atoms with Crippen LogP contribution >= 0.6 is 0 Å². The van der Waals surface area contributed by atoms with Gasteiger partial charge in [0.2, 0.25) is 0 Å². The molecule has 0 atom stereocenters. The molecule has 0 bridgehead atoms. The van der Waals surface area contributed by atoms with Crippen LogP contribution in [0, 0.1) is 19.3 Å². The van der Waals surface area contributed by atoms with Crippen LogP contribution in [0.2, 0.25) is 0 Å². The van der Waals surface area contributed by atoms with E-state index in [9.17, 15) is 0 Å². The van der Waals surface area contributed by atoms with E-state index >= 15 is 0 Å². The fourth-order valence-electron chi connectivity index (χ4n) is 0.250. The Balaban J connectivity index is -0.000000107. The van der Waals surface area contributed by atoms with E-state index in [1.165, 1.54) is 0 Å². The van der Waals surface area contributed by atoms with Crippen molar-refractivity contribution in [1.82, 2.24) is 0 Å². The van der Waals surface area contributed by atoms with Crippen LogP contribution in [0.1, 0.15) is 26.7 Å². The molecular weight excluding hydrogens is 302 g/mol. The first-order valence-corrected chi connectivity index (χ1v) is 4.90. The Bertz CT molecular complexity index is 118. The van der Waals surface area contributed by atoms with Crippen LogP contribution < -0.4 is 0 Å². The van der Waals surface area contributed by atoms with Gasteiger partial charge in [-0.1, -0.05) is 13.8 Å². The summed E-state index contributed by atoms with van der Waals surface area (Å²) in [6.45, 7) is 4.12. The molecule has 0 heterocycles. The molecule has 61 valence electrons. The maximum absolute atomic E-state index is 8.53. The van der Waals surface area contributed by atoms with Crippen molar-refractivity contribution >= 4 is 0 Å². The molecular formula is C7H13O2Re-. The second-order valence-corrected chi connectivity index (χ2v) is 1.58. The molecule has 0 aliphatic carbocycles. The summed E-state index contributed by atoms with van der Waals surface area (Å²) in [5.41, 5.74) is 0. The normalized spacial score (nSPS) is 5.00. The molecule has 0 saturated heterocycles. The predicted molar refractivity (Wildman–Crippen MR) is 36.1 cm³/mol. The fourth-order valence-corrected chi connectivity index (χ4v) is 0.250. The summed E-state index contributed by atoms with van der Waals surface area (Å²) in [5.74, 6) is 5.90. The van der Waals surface area contributed by atoms with E-state index in [1.54, 1.807) is 0 Å². The van der Waals surface area contributed by atoms with Gasteiger partial charge in [0.25, 0.3) is 0 Å². The number of hydrogen-bond donors (Lipinski definition) is 0. The van der Waals surface area contributed by atoms with Crippen molar-refractivity contribution in [1.29, 1.82) is 0 Å². The summed E-state index contributed by atoms with van der Waals surface area (Å²) in [6, 6.07) is 0. The van der Waals surface area contributed by atoms with Gasteiger partial charge in [0.1, 0.15) is 0 Å². The first-order chi connectivity index (χ1) is 4.33. The summed E-state index contributed by atoms with van der Waals surface area (Å²) >= 11 is -2.17. The third-order valence-corrected chi connectivity index (χ3v) is 0.479.